The van der Waals surface area contributed by atoms with Crippen LogP contribution in [0.15, 0.2) is 48.5 Å². The van der Waals surface area contributed by atoms with Gasteiger partial charge in [0.05, 0.1) is 29.9 Å². The lowest BCUT2D eigenvalue weighted by Gasteiger charge is -2.15. The van der Waals surface area contributed by atoms with Crippen molar-refractivity contribution < 1.29 is 9.90 Å². The summed E-state index contributed by atoms with van der Waals surface area (Å²) in [6.45, 7) is 1.99. The molecule has 0 aromatic heterocycles. The summed E-state index contributed by atoms with van der Waals surface area (Å²) in [5.41, 5.74) is 2.43. The number of halogens is 1. The van der Waals surface area contributed by atoms with Crippen LogP contribution in [0.1, 0.15) is 24.1 Å². The maximum atomic E-state index is 12.0. The van der Waals surface area contributed by atoms with E-state index in [9.17, 15) is 4.79 Å². The van der Waals surface area contributed by atoms with Gasteiger partial charge in [-0.3, -0.25) is 4.79 Å². The zero-order valence-corrected chi connectivity index (χ0v) is 13.1. The molecule has 0 aliphatic carbocycles. The summed E-state index contributed by atoms with van der Waals surface area (Å²) in [6.07, 6.45) is 0. The number of carbonyl (C=O) groups excluding carboxylic acids is 1. The van der Waals surface area contributed by atoms with Crippen LogP contribution < -0.4 is 10.6 Å². The van der Waals surface area contributed by atoms with E-state index < -0.39 is 0 Å². The van der Waals surface area contributed by atoms with Crippen molar-refractivity contribution in [1.29, 1.82) is 0 Å². The highest BCUT2D eigenvalue weighted by Crippen LogP contribution is 2.22. The Bertz CT molecular complexity index is 632. The predicted octanol–water partition coefficient (Wildman–Crippen LogP) is 3.12. The first-order valence-electron chi connectivity index (χ1n) is 7.07. The molecule has 0 aliphatic heterocycles. The third kappa shape index (κ3) is 4.48. The van der Waals surface area contributed by atoms with Crippen LogP contribution in [0.4, 0.5) is 5.69 Å². The first kappa shape index (κ1) is 16.3. The number of hydrogen-bond donors (Lipinski definition) is 3. The van der Waals surface area contributed by atoms with Gasteiger partial charge in [-0.05, 0) is 30.2 Å². The van der Waals surface area contributed by atoms with Crippen molar-refractivity contribution in [3.05, 3.63) is 64.7 Å². The zero-order chi connectivity index (χ0) is 15.9. The van der Waals surface area contributed by atoms with Crippen LogP contribution in [0.25, 0.3) is 0 Å². The second-order valence-corrected chi connectivity index (χ2v) is 5.43. The predicted molar refractivity (Wildman–Crippen MR) is 88.9 cm³/mol. The molecule has 1 amide bonds. The fraction of sp³-hybridized carbons (Fsp3) is 0.235. The number of carbonyl (C=O) groups is 1. The van der Waals surface area contributed by atoms with Crippen LogP contribution in [0.5, 0.6) is 0 Å². The standard InChI is InChI=1S/C17H19ClN2O2/c1-12(14-5-3-2-4-6-14)20-17(22)10-19-16-9-13(11-21)7-8-15(16)18/h2-9,12,19,21H,10-11H2,1H3,(H,20,22)/t12-/m0/s1. The number of aliphatic hydroxyl groups excluding tert-OH is 1. The van der Waals surface area contributed by atoms with Gasteiger partial charge in [-0.2, -0.15) is 0 Å². The first-order chi connectivity index (χ1) is 10.6. The summed E-state index contributed by atoms with van der Waals surface area (Å²) in [6, 6.07) is 14.9. The van der Waals surface area contributed by atoms with Gasteiger partial charge in [-0.25, -0.2) is 0 Å². The molecule has 4 nitrogen and oxygen atoms in total. The molecule has 22 heavy (non-hydrogen) atoms. The molecule has 0 radical (unpaired) electrons. The number of anilines is 1. The van der Waals surface area contributed by atoms with Gasteiger partial charge < -0.3 is 15.7 Å². The summed E-state index contributed by atoms with van der Waals surface area (Å²) >= 11 is 6.06. The van der Waals surface area contributed by atoms with Crippen molar-refractivity contribution in [3.8, 4) is 0 Å². The highest BCUT2D eigenvalue weighted by atomic mass is 35.5. The summed E-state index contributed by atoms with van der Waals surface area (Å²) in [5.74, 6) is -0.123. The number of amides is 1. The SMILES string of the molecule is C[C@H](NC(=O)CNc1cc(CO)ccc1Cl)c1ccccc1. The molecule has 2 rings (SSSR count). The molecule has 0 aliphatic rings. The van der Waals surface area contributed by atoms with Crippen LogP contribution in [0, 0.1) is 0 Å². The molecule has 2 aromatic rings. The number of aliphatic hydroxyl groups is 1. The molecule has 116 valence electrons. The molecular weight excluding hydrogens is 300 g/mol. The molecule has 0 spiro atoms. The van der Waals surface area contributed by atoms with E-state index in [1.165, 1.54) is 0 Å². The minimum absolute atomic E-state index is 0.0604. The number of rotatable bonds is 6. The first-order valence-corrected chi connectivity index (χ1v) is 7.45. The van der Waals surface area contributed by atoms with Crippen molar-refractivity contribution in [2.75, 3.05) is 11.9 Å². The van der Waals surface area contributed by atoms with Gasteiger partial charge in [0, 0.05) is 0 Å². The Morgan fingerprint density at radius 3 is 2.64 bits per heavy atom. The van der Waals surface area contributed by atoms with E-state index in [1.807, 2.05) is 37.3 Å². The van der Waals surface area contributed by atoms with Gasteiger partial charge in [-0.1, -0.05) is 48.0 Å². The highest BCUT2D eigenvalue weighted by molar-refractivity contribution is 6.33. The van der Waals surface area contributed by atoms with E-state index in [2.05, 4.69) is 10.6 Å². The van der Waals surface area contributed by atoms with Crippen LogP contribution in [0.3, 0.4) is 0 Å². The molecule has 0 saturated heterocycles. The van der Waals surface area contributed by atoms with E-state index >= 15 is 0 Å². The lowest BCUT2D eigenvalue weighted by molar-refractivity contribution is -0.120. The summed E-state index contributed by atoms with van der Waals surface area (Å²) in [5, 5.41) is 15.5. The number of hydrogen-bond acceptors (Lipinski definition) is 3. The van der Waals surface area contributed by atoms with Crippen molar-refractivity contribution in [3.63, 3.8) is 0 Å². The molecule has 3 N–H and O–H groups in total. The summed E-state index contributed by atoms with van der Waals surface area (Å²) in [4.78, 5) is 12.0. The second-order valence-electron chi connectivity index (χ2n) is 5.03. The largest absolute Gasteiger partial charge is 0.392 e. The Labute approximate surface area is 135 Å². The number of nitrogens with one attached hydrogen (secondary N) is 2. The summed E-state index contributed by atoms with van der Waals surface area (Å²) in [7, 11) is 0. The van der Waals surface area contributed by atoms with Crippen LogP contribution >= 0.6 is 11.6 Å². The average Bonchev–Trinajstić information content (AvgIpc) is 2.55. The maximum Gasteiger partial charge on any atom is 0.239 e. The third-order valence-corrected chi connectivity index (χ3v) is 3.66. The Hall–Kier alpha value is -2.04. The minimum atomic E-state index is -0.123. The van der Waals surface area contributed by atoms with Gasteiger partial charge >= 0.3 is 0 Å². The Kier molecular flexibility index (Phi) is 5.81. The van der Waals surface area contributed by atoms with Crippen molar-refractivity contribution >= 4 is 23.2 Å². The monoisotopic (exact) mass is 318 g/mol. The van der Waals surface area contributed by atoms with E-state index in [-0.39, 0.29) is 25.1 Å². The Morgan fingerprint density at radius 1 is 1.23 bits per heavy atom. The van der Waals surface area contributed by atoms with Crippen molar-refractivity contribution in [2.45, 2.75) is 19.6 Å². The quantitative estimate of drug-likeness (QED) is 0.767. The fourth-order valence-electron chi connectivity index (χ4n) is 2.10. The van der Waals surface area contributed by atoms with Crippen LogP contribution in [-0.4, -0.2) is 17.6 Å². The van der Waals surface area contributed by atoms with Gasteiger partial charge in [-0.15, -0.1) is 0 Å². The Balaban J connectivity index is 1.90. The number of benzene rings is 2. The van der Waals surface area contributed by atoms with E-state index in [0.29, 0.717) is 10.7 Å². The molecule has 2 aromatic carbocycles. The van der Waals surface area contributed by atoms with Gasteiger partial charge in [0.25, 0.3) is 0 Å². The fourth-order valence-corrected chi connectivity index (χ4v) is 2.28. The summed E-state index contributed by atoms with van der Waals surface area (Å²) < 4.78 is 0. The maximum absolute atomic E-state index is 12.0. The third-order valence-electron chi connectivity index (χ3n) is 3.33. The molecule has 0 saturated carbocycles. The molecule has 0 heterocycles. The van der Waals surface area contributed by atoms with E-state index in [1.54, 1.807) is 18.2 Å². The lowest BCUT2D eigenvalue weighted by Crippen LogP contribution is -2.32. The molecule has 0 fully saturated rings. The van der Waals surface area contributed by atoms with Crippen molar-refractivity contribution in [2.24, 2.45) is 0 Å². The topological polar surface area (TPSA) is 61.4 Å². The normalized spacial score (nSPS) is 11.8. The van der Waals surface area contributed by atoms with Gasteiger partial charge in [0.15, 0.2) is 0 Å². The van der Waals surface area contributed by atoms with Gasteiger partial charge in [0.2, 0.25) is 5.91 Å². The van der Waals surface area contributed by atoms with Crippen LogP contribution in [0.2, 0.25) is 5.02 Å². The smallest absolute Gasteiger partial charge is 0.239 e. The Morgan fingerprint density at radius 2 is 1.95 bits per heavy atom. The molecule has 0 unspecified atom stereocenters. The molecular formula is C17H19ClN2O2. The minimum Gasteiger partial charge on any atom is -0.392 e. The molecule has 0 bridgehead atoms. The van der Waals surface area contributed by atoms with Crippen molar-refractivity contribution in [1.82, 2.24) is 5.32 Å². The van der Waals surface area contributed by atoms with E-state index in [0.717, 1.165) is 11.1 Å². The zero-order valence-electron chi connectivity index (χ0n) is 12.3. The molecule has 1 atom stereocenters. The second kappa shape index (κ2) is 7.82. The average molecular weight is 319 g/mol. The highest BCUT2D eigenvalue weighted by Gasteiger charge is 2.10. The molecule has 5 heteroatoms. The van der Waals surface area contributed by atoms with Crippen LogP contribution in [-0.2, 0) is 11.4 Å². The van der Waals surface area contributed by atoms with Gasteiger partial charge in [0.1, 0.15) is 0 Å². The van der Waals surface area contributed by atoms with E-state index in [4.69, 9.17) is 16.7 Å². The lowest BCUT2D eigenvalue weighted by atomic mass is 10.1.